The van der Waals surface area contributed by atoms with Gasteiger partial charge >= 0.3 is 5.97 Å². The lowest BCUT2D eigenvalue weighted by Gasteiger charge is -2.12. The van der Waals surface area contributed by atoms with Gasteiger partial charge in [0.25, 0.3) is 0 Å². The molecule has 1 aliphatic heterocycles. The predicted octanol–water partition coefficient (Wildman–Crippen LogP) is 3.01. The minimum absolute atomic E-state index is 0.151. The molecule has 0 spiro atoms. The van der Waals surface area contributed by atoms with Crippen LogP contribution in [0.3, 0.4) is 0 Å². The number of carboxylic acids is 1. The highest BCUT2D eigenvalue weighted by Crippen LogP contribution is 2.27. The molecule has 1 atom stereocenters. The predicted molar refractivity (Wildman–Crippen MR) is 73.7 cm³/mol. The molecule has 0 aliphatic carbocycles. The van der Waals surface area contributed by atoms with Crippen LogP contribution in [-0.2, 0) is 0 Å². The Bertz CT molecular complexity index is 651. The van der Waals surface area contributed by atoms with Gasteiger partial charge in [0.1, 0.15) is 0 Å². The highest BCUT2D eigenvalue weighted by Gasteiger charge is 2.20. The Kier molecular flexibility index (Phi) is 3.12. The van der Waals surface area contributed by atoms with Crippen molar-refractivity contribution in [2.75, 3.05) is 6.54 Å². The van der Waals surface area contributed by atoms with E-state index in [1.54, 1.807) is 24.3 Å². The van der Waals surface area contributed by atoms with E-state index in [9.17, 15) is 9.90 Å². The van der Waals surface area contributed by atoms with Crippen LogP contribution in [0.2, 0.25) is 5.02 Å². The Morgan fingerprint density at radius 2 is 2.26 bits per heavy atom. The van der Waals surface area contributed by atoms with Gasteiger partial charge in [-0.3, -0.25) is 4.98 Å². The Morgan fingerprint density at radius 3 is 2.95 bits per heavy atom. The first-order valence-corrected chi connectivity index (χ1v) is 6.60. The Morgan fingerprint density at radius 1 is 1.42 bits per heavy atom. The van der Waals surface area contributed by atoms with Gasteiger partial charge in [0, 0.05) is 16.5 Å². The zero-order chi connectivity index (χ0) is 13.4. The molecule has 4 nitrogen and oxygen atoms in total. The molecule has 5 heteroatoms. The van der Waals surface area contributed by atoms with Crippen molar-refractivity contribution in [1.82, 2.24) is 10.3 Å². The molecule has 0 bridgehead atoms. The number of hydrogen-bond acceptors (Lipinski definition) is 3. The van der Waals surface area contributed by atoms with Crippen molar-refractivity contribution in [2.45, 2.75) is 18.9 Å². The highest BCUT2D eigenvalue weighted by molar-refractivity contribution is 6.31. The van der Waals surface area contributed by atoms with Crippen LogP contribution in [0.25, 0.3) is 10.9 Å². The number of nitrogens with one attached hydrogen (secondary N) is 1. The van der Waals surface area contributed by atoms with E-state index in [2.05, 4.69) is 10.3 Å². The van der Waals surface area contributed by atoms with Crippen LogP contribution in [0.5, 0.6) is 0 Å². The summed E-state index contributed by atoms with van der Waals surface area (Å²) in [5.41, 5.74) is 1.73. The summed E-state index contributed by atoms with van der Waals surface area (Å²) in [5.74, 6) is -0.950. The molecular weight excluding hydrogens is 264 g/mol. The first-order chi connectivity index (χ1) is 9.15. The monoisotopic (exact) mass is 276 g/mol. The van der Waals surface area contributed by atoms with Crippen molar-refractivity contribution in [1.29, 1.82) is 0 Å². The molecule has 2 N–H and O–H groups in total. The van der Waals surface area contributed by atoms with Gasteiger partial charge in [0.2, 0.25) is 0 Å². The number of hydrogen-bond donors (Lipinski definition) is 2. The molecule has 3 rings (SSSR count). The van der Waals surface area contributed by atoms with Gasteiger partial charge in [-0.2, -0.15) is 0 Å². The standard InChI is InChI=1S/C14H13ClN2O2/c15-8-3-4-11-9(6-8)10(14(18)19)7-13(17-11)12-2-1-5-16-12/h3-4,6-7,12,16H,1-2,5H2,(H,18,19). The van der Waals surface area contributed by atoms with Crippen molar-refractivity contribution < 1.29 is 9.90 Å². The summed E-state index contributed by atoms with van der Waals surface area (Å²) < 4.78 is 0. The molecule has 1 aromatic carbocycles. The van der Waals surface area contributed by atoms with E-state index in [4.69, 9.17) is 11.6 Å². The van der Waals surface area contributed by atoms with Gasteiger partial charge in [-0.05, 0) is 43.7 Å². The summed E-state index contributed by atoms with van der Waals surface area (Å²) >= 11 is 5.93. The molecular formula is C14H13ClN2O2. The fourth-order valence-corrected chi connectivity index (χ4v) is 2.68. The fourth-order valence-electron chi connectivity index (χ4n) is 2.51. The van der Waals surface area contributed by atoms with E-state index in [-0.39, 0.29) is 11.6 Å². The van der Waals surface area contributed by atoms with E-state index >= 15 is 0 Å². The summed E-state index contributed by atoms with van der Waals surface area (Å²) in [7, 11) is 0. The Labute approximate surface area is 115 Å². The Hall–Kier alpha value is -1.65. The summed E-state index contributed by atoms with van der Waals surface area (Å²) in [6.07, 6.45) is 2.08. The van der Waals surface area contributed by atoms with Crippen LogP contribution in [-0.4, -0.2) is 22.6 Å². The lowest BCUT2D eigenvalue weighted by molar-refractivity contribution is 0.0699. The molecule has 1 aromatic heterocycles. The maximum absolute atomic E-state index is 11.4. The normalized spacial score (nSPS) is 18.9. The molecule has 2 heterocycles. The number of benzene rings is 1. The number of nitrogens with zero attached hydrogens (tertiary/aromatic N) is 1. The van der Waals surface area contributed by atoms with Crippen molar-refractivity contribution >= 4 is 28.5 Å². The zero-order valence-corrected chi connectivity index (χ0v) is 10.9. The largest absolute Gasteiger partial charge is 0.478 e. The van der Waals surface area contributed by atoms with E-state index in [0.29, 0.717) is 15.9 Å². The number of aromatic carboxylic acids is 1. The maximum Gasteiger partial charge on any atom is 0.336 e. The fraction of sp³-hybridized carbons (Fsp3) is 0.286. The van der Waals surface area contributed by atoms with Crippen LogP contribution < -0.4 is 5.32 Å². The lowest BCUT2D eigenvalue weighted by Crippen LogP contribution is -2.15. The second kappa shape index (κ2) is 4.79. The van der Waals surface area contributed by atoms with E-state index in [1.165, 1.54) is 0 Å². The number of rotatable bonds is 2. The number of aromatic nitrogens is 1. The first kappa shape index (κ1) is 12.4. The number of carboxylic acid groups (broad SMARTS) is 1. The second-order valence-corrected chi connectivity index (χ2v) is 5.15. The average Bonchev–Trinajstić information content (AvgIpc) is 2.91. The molecule has 98 valence electrons. The van der Waals surface area contributed by atoms with E-state index < -0.39 is 5.97 Å². The lowest BCUT2D eigenvalue weighted by atomic mass is 10.0. The summed E-state index contributed by atoms with van der Waals surface area (Å²) in [6.45, 7) is 0.952. The smallest absolute Gasteiger partial charge is 0.336 e. The third-order valence-electron chi connectivity index (χ3n) is 3.44. The average molecular weight is 277 g/mol. The summed E-state index contributed by atoms with van der Waals surface area (Å²) in [6, 6.07) is 6.96. The second-order valence-electron chi connectivity index (χ2n) is 4.71. The zero-order valence-electron chi connectivity index (χ0n) is 10.2. The van der Waals surface area contributed by atoms with Crippen LogP contribution in [0.4, 0.5) is 0 Å². The molecule has 0 radical (unpaired) electrons. The first-order valence-electron chi connectivity index (χ1n) is 6.22. The van der Waals surface area contributed by atoms with Gasteiger partial charge in [-0.25, -0.2) is 4.79 Å². The Balaban J connectivity index is 2.21. The minimum atomic E-state index is -0.950. The van der Waals surface area contributed by atoms with Crippen molar-refractivity contribution in [3.63, 3.8) is 0 Å². The minimum Gasteiger partial charge on any atom is -0.478 e. The van der Waals surface area contributed by atoms with Crippen LogP contribution >= 0.6 is 11.6 Å². The van der Waals surface area contributed by atoms with Crippen molar-refractivity contribution in [3.8, 4) is 0 Å². The quantitative estimate of drug-likeness (QED) is 0.885. The number of pyridine rings is 1. The maximum atomic E-state index is 11.4. The van der Waals surface area contributed by atoms with Gasteiger partial charge in [-0.15, -0.1) is 0 Å². The van der Waals surface area contributed by atoms with Crippen LogP contribution in [0, 0.1) is 0 Å². The molecule has 1 saturated heterocycles. The molecule has 1 aliphatic rings. The number of fused-ring (bicyclic) bond motifs is 1. The van der Waals surface area contributed by atoms with Gasteiger partial charge in [0.15, 0.2) is 0 Å². The van der Waals surface area contributed by atoms with Gasteiger partial charge in [0.05, 0.1) is 16.8 Å². The molecule has 0 saturated carbocycles. The molecule has 0 amide bonds. The third-order valence-corrected chi connectivity index (χ3v) is 3.67. The number of halogens is 1. The SMILES string of the molecule is O=C(O)c1cc(C2CCCN2)nc2ccc(Cl)cc12. The highest BCUT2D eigenvalue weighted by atomic mass is 35.5. The van der Waals surface area contributed by atoms with Crippen molar-refractivity contribution in [3.05, 3.63) is 40.5 Å². The number of carbonyl (C=O) groups is 1. The van der Waals surface area contributed by atoms with Gasteiger partial charge in [-0.1, -0.05) is 11.6 Å². The van der Waals surface area contributed by atoms with Gasteiger partial charge < -0.3 is 10.4 Å². The molecule has 2 aromatic rings. The van der Waals surface area contributed by atoms with E-state index in [0.717, 1.165) is 25.1 Å². The van der Waals surface area contributed by atoms with E-state index in [1.807, 2.05) is 0 Å². The summed E-state index contributed by atoms with van der Waals surface area (Å²) in [4.78, 5) is 16.0. The molecule has 1 fully saturated rings. The van der Waals surface area contributed by atoms with Crippen LogP contribution in [0.1, 0.15) is 34.9 Å². The summed E-state index contributed by atoms with van der Waals surface area (Å²) in [5, 5.41) is 13.8. The third kappa shape index (κ3) is 2.29. The van der Waals surface area contributed by atoms with Crippen LogP contribution in [0.15, 0.2) is 24.3 Å². The van der Waals surface area contributed by atoms with Crippen molar-refractivity contribution in [2.24, 2.45) is 0 Å². The molecule has 1 unspecified atom stereocenters. The molecule has 19 heavy (non-hydrogen) atoms. The topological polar surface area (TPSA) is 62.2 Å².